The molecule has 2 aliphatic heterocycles. The summed E-state index contributed by atoms with van der Waals surface area (Å²) in [6.07, 6.45) is 2.81. The van der Waals surface area contributed by atoms with Gasteiger partial charge in [-0.25, -0.2) is 8.42 Å². The third kappa shape index (κ3) is 4.74. The van der Waals surface area contributed by atoms with Gasteiger partial charge in [0.1, 0.15) is 12.4 Å². The molecule has 32 heavy (non-hydrogen) atoms. The van der Waals surface area contributed by atoms with Crippen molar-refractivity contribution in [3.8, 4) is 5.75 Å². The fraction of sp³-hybridized carbons (Fsp3) is 0.435. The maximum absolute atomic E-state index is 13.0. The molecule has 2 heterocycles. The predicted molar refractivity (Wildman–Crippen MR) is 124 cm³/mol. The highest BCUT2D eigenvalue weighted by Crippen LogP contribution is 2.32. The summed E-state index contributed by atoms with van der Waals surface area (Å²) >= 11 is 0. The highest BCUT2D eigenvalue weighted by atomic mass is 32.2. The summed E-state index contributed by atoms with van der Waals surface area (Å²) in [5, 5.41) is 2.90. The van der Waals surface area contributed by atoms with Crippen LogP contribution in [0.25, 0.3) is 0 Å². The van der Waals surface area contributed by atoms with Gasteiger partial charge in [0.15, 0.2) is 0 Å². The Balaban J connectivity index is 1.50. The van der Waals surface area contributed by atoms with Crippen LogP contribution < -0.4 is 20.7 Å². The van der Waals surface area contributed by atoms with Gasteiger partial charge in [0.05, 0.1) is 23.7 Å². The maximum Gasteiger partial charge on any atom is 0.243 e. The van der Waals surface area contributed by atoms with E-state index in [9.17, 15) is 13.2 Å². The second kappa shape index (κ2) is 9.48. The number of nitrogens with zero attached hydrogens (tertiary/aromatic N) is 2. The quantitative estimate of drug-likeness (QED) is 0.689. The van der Waals surface area contributed by atoms with E-state index in [1.807, 2.05) is 30.0 Å². The Hall–Kier alpha value is -2.62. The first-order chi connectivity index (χ1) is 15.4. The van der Waals surface area contributed by atoms with E-state index < -0.39 is 10.0 Å². The summed E-state index contributed by atoms with van der Waals surface area (Å²) in [5.74, 6) is 0.513. The Morgan fingerprint density at radius 2 is 1.88 bits per heavy atom. The number of sulfonamides is 1. The molecule has 0 atom stereocenters. The molecule has 0 spiro atoms. The zero-order chi connectivity index (χ0) is 22.7. The Kier molecular flexibility index (Phi) is 6.68. The van der Waals surface area contributed by atoms with E-state index >= 15 is 0 Å². The first-order valence-electron chi connectivity index (χ1n) is 11.0. The van der Waals surface area contributed by atoms with Crippen molar-refractivity contribution in [2.45, 2.75) is 37.6 Å². The van der Waals surface area contributed by atoms with Gasteiger partial charge in [-0.2, -0.15) is 4.31 Å². The zero-order valence-corrected chi connectivity index (χ0v) is 19.2. The molecule has 2 aliphatic rings. The highest BCUT2D eigenvalue weighted by molar-refractivity contribution is 7.89. The van der Waals surface area contributed by atoms with Crippen LogP contribution in [0.5, 0.6) is 5.75 Å². The molecular weight excluding hydrogens is 428 g/mol. The van der Waals surface area contributed by atoms with E-state index in [0.29, 0.717) is 38.5 Å². The van der Waals surface area contributed by atoms with E-state index in [2.05, 4.69) is 5.32 Å². The Labute approximate surface area is 189 Å². The predicted octanol–water partition coefficient (Wildman–Crippen LogP) is 2.47. The second-order valence-corrected chi connectivity index (χ2v) is 10.2. The number of anilines is 2. The number of hydrogen-bond donors (Lipinski definition) is 2. The number of hydrogen-bond acceptors (Lipinski definition) is 6. The van der Waals surface area contributed by atoms with E-state index in [-0.39, 0.29) is 17.3 Å². The number of rotatable bonds is 6. The first-order valence-corrected chi connectivity index (χ1v) is 12.4. The molecule has 0 aromatic heterocycles. The smallest absolute Gasteiger partial charge is 0.243 e. The van der Waals surface area contributed by atoms with Crippen LogP contribution in [0, 0.1) is 6.92 Å². The highest BCUT2D eigenvalue weighted by Gasteiger charge is 2.27. The van der Waals surface area contributed by atoms with Crippen molar-refractivity contribution < 1.29 is 17.9 Å². The molecule has 3 N–H and O–H groups in total. The van der Waals surface area contributed by atoms with Crippen molar-refractivity contribution in [1.29, 1.82) is 0 Å². The summed E-state index contributed by atoms with van der Waals surface area (Å²) in [7, 11) is -3.57. The minimum atomic E-state index is -3.57. The molecule has 0 aliphatic carbocycles. The van der Waals surface area contributed by atoms with Crippen molar-refractivity contribution in [3.63, 3.8) is 0 Å². The molecule has 172 valence electrons. The molecule has 8 nitrogen and oxygen atoms in total. The van der Waals surface area contributed by atoms with Crippen LogP contribution in [0.4, 0.5) is 11.4 Å². The lowest BCUT2D eigenvalue weighted by Gasteiger charge is -2.31. The number of carbonyl (C=O) groups is 1. The molecule has 1 saturated heterocycles. The Morgan fingerprint density at radius 1 is 1.09 bits per heavy atom. The first kappa shape index (κ1) is 22.6. The zero-order valence-electron chi connectivity index (χ0n) is 18.3. The SMILES string of the molecule is Cc1ccc(S(=O)(=O)N2CCCCC2)cc1NC(=O)CN1CCOc2ccc(CN)cc21. The summed E-state index contributed by atoms with van der Waals surface area (Å²) in [6, 6.07) is 10.7. The number of fused-ring (bicyclic) bond motifs is 1. The van der Waals surface area contributed by atoms with Crippen LogP contribution in [0.3, 0.4) is 0 Å². The maximum atomic E-state index is 13.0. The van der Waals surface area contributed by atoms with E-state index in [1.54, 1.807) is 18.2 Å². The number of amides is 1. The lowest BCUT2D eigenvalue weighted by atomic mass is 10.1. The van der Waals surface area contributed by atoms with E-state index in [4.69, 9.17) is 10.5 Å². The molecule has 9 heteroatoms. The van der Waals surface area contributed by atoms with Gasteiger partial charge in [0.2, 0.25) is 15.9 Å². The van der Waals surface area contributed by atoms with Gasteiger partial charge in [-0.05, 0) is 55.2 Å². The van der Waals surface area contributed by atoms with Gasteiger partial charge in [0.25, 0.3) is 0 Å². The standard InChI is InChI=1S/C23H30N4O4S/c1-17-5-7-19(32(29,30)27-9-3-2-4-10-27)14-20(17)25-23(28)16-26-11-12-31-22-8-6-18(15-24)13-21(22)26/h5-8,13-14H,2-4,9-12,15-16,24H2,1H3,(H,25,28). The molecule has 2 aromatic carbocycles. The number of aryl methyl sites for hydroxylation is 1. The van der Waals surface area contributed by atoms with Crippen LogP contribution in [-0.4, -0.2) is 51.4 Å². The number of ether oxygens (including phenoxy) is 1. The molecule has 0 saturated carbocycles. The van der Waals surface area contributed by atoms with Crippen LogP contribution in [0.2, 0.25) is 0 Å². The number of carbonyl (C=O) groups excluding carboxylic acids is 1. The van der Waals surface area contributed by atoms with Crippen LogP contribution in [-0.2, 0) is 21.4 Å². The average Bonchev–Trinajstić information content (AvgIpc) is 2.81. The largest absolute Gasteiger partial charge is 0.490 e. The van der Waals surface area contributed by atoms with Gasteiger partial charge >= 0.3 is 0 Å². The van der Waals surface area contributed by atoms with Crippen molar-refractivity contribution in [3.05, 3.63) is 47.5 Å². The van der Waals surface area contributed by atoms with Crippen molar-refractivity contribution in [1.82, 2.24) is 4.31 Å². The number of nitrogens with two attached hydrogens (primary N) is 1. The lowest BCUT2D eigenvalue weighted by molar-refractivity contribution is -0.115. The summed E-state index contributed by atoms with van der Waals surface area (Å²) < 4.78 is 33.3. The molecule has 0 unspecified atom stereocenters. The molecule has 0 radical (unpaired) electrons. The third-order valence-electron chi connectivity index (χ3n) is 5.99. The number of nitrogens with one attached hydrogen (secondary N) is 1. The number of piperidine rings is 1. The molecule has 2 aromatic rings. The van der Waals surface area contributed by atoms with E-state index in [0.717, 1.165) is 41.8 Å². The molecule has 1 fully saturated rings. The average molecular weight is 459 g/mol. The summed E-state index contributed by atoms with van der Waals surface area (Å²) in [6.45, 7) is 4.54. The van der Waals surface area contributed by atoms with Crippen LogP contribution in [0.15, 0.2) is 41.3 Å². The summed E-state index contributed by atoms with van der Waals surface area (Å²) in [5.41, 5.74) is 8.89. The van der Waals surface area contributed by atoms with Crippen LogP contribution >= 0.6 is 0 Å². The van der Waals surface area contributed by atoms with Gasteiger partial charge in [-0.15, -0.1) is 0 Å². The Bertz CT molecular complexity index is 1100. The molecule has 1 amide bonds. The van der Waals surface area contributed by atoms with Gasteiger partial charge in [-0.3, -0.25) is 4.79 Å². The van der Waals surface area contributed by atoms with Gasteiger partial charge < -0.3 is 20.7 Å². The molecular formula is C23H30N4O4S. The lowest BCUT2D eigenvalue weighted by Crippen LogP contribution is -2.39. The van der Waals surface area contributed by atoms with Crippen LogP contribution in [0.1, 0.15) is 30.4 Å². The van der Waals surface area contributed by atoms with Crippen molar-refractivity contribution >= 4 is 27.3 Å². The van der Waals surface area contributed by atoms with Gasteiger partial charge in [0, 0.05) is 25.3 Å². The number of benzene rings is 2. The van der Waals surface area contributed by atoms with Gasteiger partial charge in [-0.1, -0.05) is 18.6 Å². The monoisotopic (exact) mass is 458 g/mol. The topological polar surface area (TPSA) is 105 Å². The summed E-state index contributed by atoms with van der Waals surface area (Å²) in [4.78, 5) is 15.0. The van der Waals surface area contributed by atoms with Crippen molar-refractivity contribution in [2.75, 3.05) is 43.0 Å². The van der Waals surface area contributed by atoms with E-state index in [1.165, 1.54) is 4.31 Å². The fourth-order valence-electron chi connectivity index (χ4n) is 4.12. The molecule has 0 bridgehead atoms. The second-order valence-electron chi connectivity index (χ2n) is 8.27. The minimum absolute atomic E-state index is 0.132. The Morgan fingerprint density at radius 3 is 2.62 bits per heavy atom. The van der Waals surface area contributed by atoms with Crippen molar-refractivity contribution in [2.24, 2.45) is 5.73 Å². The molecule has 4 rings (SSSR count). The fourth-order valence-corrected chi connectivity index (χ4v) is 5.67. The minimum Gasteiger partial charge on any atom is -0.490 e. The third-order valence-corrected chi connectivity index (χ3v) is 7.88. The normalized spacial score (nSPS) is 16.9.